The number of benzene rings is 2. The zero-order chi connectivity index (χ0) is 15.4. The SMILES string of the molecule is Cc1cc(O[C@H](Cc2ccccc2C)C(=O)O)ccc1Cl. The monoisotopic (exact) mass is 304 g/mol. The maximum Gasteiger partial charge on any atom is 0.345 e. The third-order valence-electron chi connectivity index (χ3n) is 3.35. The Morgan fingerprint density at radius 3 is 2.52 bits per heavy atom. The molecule has 0 unspecified atom stereocenters. The van der Waals surface area contributed by atoms with Crippen LogP contribution in [0.4, 0.5) is 0 Å². The van der Waals surface area contributed by atoms with Crippen molar-refractivity contribution in [3.63, 3.8) is 0 Å². The van der Waals surface area contributed by atoms with E-state index in [0.717, 1.165) is 16.7 Å². The van der Waals surface area contributed by atoms with Crippen LogP contribution in [0.5, 0.6) is 5.75 Å². The van der Waals surface area contributed by atoms with Gasteiger partial charge in [-0.05, 0) is 48.7 Å². The maximum absolute atomic E-state index is 11.4. The molecule has 0 saturated carbocycles. The molecule has 0 amide bonds. The lowest BCUT2D eigenvalue weighted by Gasteiger charge is -2.17. The lowest BCUT2D eigenvalue weighted by atomic mass is 10.0. The number of carboxylic acid groups (broad SMARTS) is 1. The molecule has 0 heterocycles. The summed E-state index contributed by atoms with van der Waals surface area (Å²) in [7, 11) is 0. The third kappa shape index (κ3) is 3.99. The molecule has 0 aliphatic rings. The Hall–Kier alpha value is -2.00. The van der Waals surface area contributed by atoms with Crippen molar-refractivity contribution in [3.8, 4) is 5.75 Å². The molecule has 0 spiro atoms. The molecule has 0 aliphatic heterocycles. The molecule has 0 aromatic heterocycles. The van der Waals surface area contributed by atoms with Crippen molar-refractivity contribution in [2.24, 2.45) is 0 Å². The number of ether oxygens (including phenoxy) is 1. The van der Waals surface area contributed by atoms with E-state index in [9.17, 15) is 9.90 Å². The molecule has 110 valence electrons. The van der Waals surface area contributed by atoms with E-state index in [0.29, 0.717) is 17.2 Å². The average Bonchev–Trinajstić information content (AvgIpc) is 2.44. The minimum absolute atomic E-state index is 0.323. The summed E-state index contributed by atoms with van der Waals surface area (Å²) in [5.74, 6) is -0.469. The molecule has 0 bridgehead atoms. The number of hydrogen-bond acceptors (Lipinski definition) is 2. The van der Waals surface area contributed by atoms with Gasteiger partial charge < -0.3 is 9.84 Å². The first-order chi connectivity index (χ1) is 9.97. The highest BCUT2D eigenvalue weighted by Gasteiger charge is 2.21. The van der Waals surface area contributed by atoms with Gasteiger partial charge >= 0.3 is 5.97 Å². The fourth-order valence-corrected chi connectivity index (χ4v) is 2.19. The summed E-state index contributed by atoms with van der Waals surface area (Å²) in [4.78, 5) is 11.4. The van der Waals surface area contributed by atoms with Crippen molar-refractivity contribution < 1.29 is 14.6 Å². The molecule has 1 atom stereocenters. The van der Waals surface area contributed by atoms with Crippen LogP contribution < -0.4 is 4.74 Å². The quantitative estimate of drug-likeness (QED) is 0.907. The Morgan fingerprint density at radius 2 is 1.90 bits per heavy atom. The van der Waals surface area contributed by atoms with Crippen LogP contribution in [0.25, 0.3) is 0 Å². The highest BCUT2D eigenvalue weighted by atomic mass is 35.5. The Bertz CT molecular complexity index is 652. The van der Waals surface area contributed by atoms with Crippen molar-refractivity contribution in [1.82, 2.24) is 0 Å². The van der Waals surface area contributed by atoms with E-state index >= 15 is 0 Å². The predicted molar refractivity (Wildman–Crippen MR) is 83.1 cm³/mol. The van der Waals surface area contributed by atoms with E-state index in [-0.39, 0.29) is 0 Å². The lowest BCUT2D eigenvalue weighted by Crippen LogP contribution is -2.29. The Morgan fingerprint density at radius 1 is 1.19 bits per heavy atom. The summed E-state index contributed by atoms with van der Waals surface area (Å²) < 4.78 is 5.61. The number of hydrogen-bond donors (Lipinski definition) is 1. The molecule has 0 saturated heterocycles. The van der Waals surface area contributed by atoms with Gasteiger partial charge in [-0.15, -0.1) is 0 Å². The van der Waals surface area contributed by atoms with Crippen LogP contribution in [0, 0.1) is 13.8 Å². The molecule has 0 radical (unpaired) electrons. The smallest absolute Gasteiger partial charge is 0.345 e. The normalized spacial score (nSPS) is 12.0. The van der Waals surface area contributed by atoms with Crippen LogP contribution in [0.1, 0.15) is 16.7 Å². The van der Waals surface area contributed by atoms with Crippen molar-refractivity contribution in [2.45, 2.75) is 26.4 Å². The van der Waals surface area contributed by atoms with E-state index in [4.69, 9.17) is 16.3 Å². The molecule has 3 nitrogen and oxygen atoms in total. The van der Waals surface area contributed by atoms with Crippen LogP contribution in [0.3, 0.4) is 0 Å². The number of carbonyl (C=O) groups is 1. The molecule has 2 aromatic rings. The summed E-state index contributed by atoms with van der Waals surface area (Å²) in [6.45, 7) is 3.81. The molecule has 21 heavy (non-hydrogen) atoms. The predicted octanol–water partition coefficient (Wildman–Crippen LogP) is 4.03. The minimum atomic E-state index is -0.981. The topological polar surface area (TPSA) is 46.5 Å². The second kappa shape index (κ2) is 6.64. The van der Waals surface area contributed by atoms with Crippen LogP contribution >= 0.6 is 11.6 Å². The van der Waals surface area contributed by atoms with E-state index in [1.54, 1.807) is 18.2 Å². The van der Waals surface area contributed by atoms with E-state index in [1.807, 2.05) is 38.1 Å². The fourth-order valence-electron chi connectivity index (χ4n) is 2.07. The number of aryl methyl sites for hydroxylation is 2. The molecule has 2 rings (SSSR count). The van der Waals surface area contributed by atoms with E-state index < -0.39 is 12.1 Å². The molecule has 4 heteroatoms. The second-order valence-electron chi connectivity index (χ2n) is 4.99. The van der Waals surface area contributed by atoms with Crippen molar-refractivity contribution >= 4 is 17.6 Å². The number of halogens is 1. The Balaban J connectivity index is 2.18. The first-order valence-electron chi connectivity index (χ1n) is 6.67. The minimum Gasteiger partial charge on any atom is -0.478 e. The summed E-state index contributed by atoms with van der Waals surface area (Å²) in [5.41, 5.74) is 2.88. The molecule has 1 N–H and O–H groups in total. The van der Waals surface area contributed by atoms with Gasteiger partial charge in [0.15, 0.2) is 6.10 Å². The van der Waals surface area contributed by atoms with Gasteiger partial charge in [0, 0.05) is 11.4 Å². The number of rotatable bonds is 5. The largest absolute Gasteiger partial charge is 0.478 e. The summed E-state index contributed by atoms with van der Waals surface area (Å²) >= 11 is 5.96. The van der Waals surface area contributed by atoms with Crippen molar-refractivity contribution in [1.29, 1.82) is 0 Å². The first-order valence-corrected chi connectivity index (χ1v) is 7.05. The van der Waals surface area contributed by atoms with Gasteiger partial charge in [0.25, 0.3) is 0 Å². The van der Waals surface area contributed by atoms with Gasteiger partial charge in [0.2, 0.25) is 0 Å². The van der Waals surface area contributed by atoms with Gasteiger partial charge in [-0.2, -0.15) is 0 Å². The average molecular weight is 305 g/mol. The van der Waals surface area contributed by atoms with Crippen molar-refractivity contribution in [2.75, 3.05) is 0 Å². The first kappa shape index (κ1) is 15.4. The van der Waals surface area contributed by atoms with Crippen LogP contribution in [-0.4, -0.2) is 17.2 Å². The highest BCUT2D eigenvalue weighted by Crippen LogP contribution is 2.23. The maximum atomic E-state index is 11.4. The van der Waals surface area contributed by atoms with Crippen molar-refractivity contribution in [3.05, 3.63) is 64.2 Å². The zero-order valence-corrected chi connectivity index (χ0v) is 12.7. The highest BCUT2D eigenvalue weighted by molar-refractivity contribution is 6.31. The Kier molecular flexibility index (Phi) is 4.86. The van der Waals surface area contributed by atoms with Gasteiger partial charge in [0.1, 0.15) is 5.75 Å². The summed E-state index contributed by atoms with van der Waals surface area (Å²) in [6, 6.07) is 12.8. The van der Waals surface area contributed by atoms with Crippen LogP contribution in [0.2, 0.25) is 5.02 Å². The Labute approximate surface area is 129 Å². The molecular weight excluding hydrogens is 288 g/mol. The second-order valence-corrected chi connectivity index (χ2v) is 5.39. The van der Waals surface area contributed by atoms with Gasteiger partial charge in [-0.3, -0.25) is 0 Å². The third-order valence-corrected chi connectivity index (χ3v) is 3.77. The number of aliphatic carboxylic acids is 1. The zero-order valence-electron chi connectivity index (χ0n) is 12.0. The van der Waals surface area contributed by atoms with E-state index in [1.165, 1.54) is 0 Å². The van der Waals surface area contributed by atoms with Crippen LogP contribution in [0.15, 0.2) is 42.5 Å². The summed E-state index contributed by atoms with van der Waals surface area (Å²) in [6.07, 6.45) is -0.601. The molecule has 0 aliphatic carbocycles. The van der Waals surface area contributed by atoms with Gasteiger partial charge in [0.05, 0.1) is 0 Å². The fraction of sp³-hybridized carbons (Fsp3) is 0.235. The van der Waals surface area contributed by atoms with E-state index in [2.05, 4.69) is 0 Å². The van der Waals surface area contributed by atoms with Gasteiger partial charge in [-0.25, -0.2) is 4.79 Å². The van der Waals surface area contributed by atoms with Crippen LogP contribution in [-0.2, 0) is 11.2 Å². The van der Waals surface area contributed by atoms with Gasteiger partial charge in [-0.1, -0.05) is 35.9 Å². The summed E-state index contributed by atoms with van der Waals surface area (Å²) in [5, 5.41) is 9.99. The lowest BCUT2D eigenvalue weighted by molar-refractivity contribution is -0.145. The molecule has 2 aromatic carbocycles. The molecular formula is C17H17ClO3. The standard InChI is InChI=1S/C17H17ClO3/c1-11-5-3-4-6-13(11)10-16(17(19)20)21-14-7-8-15(18)12(2)9-14/h3-9,16H,10H2,1-2H3,(H,19,20)/t16-/m1/s1. The molecule has 0 fully saturated rings. The number of carboxylic acids is 1.